The maximum absolute atomic E-state index is 6.44. The van der Waals surface area contributed by atoms with E-state index in [9.17, 15) is 0 Å². The Morgan fingerprint density at radius 1 is 0.188 bits per heavy atom. The second-order valence-electron chi connectivity index (χ2n) is 29.6. The zero-order valence-corrected chi connectivity index (χ0v) is 65.5. The van der Waals surface area contributed by atoms with Crippen LogP contribution in [0.15, 0.2) is 462 Å². The minimum atomic E-state index is 0.907. The molecule has 0 atom stereocenters. The largest absolute Gasteiger partial charge is 0.455 e. The first-order chi connectivity index (χ1) is 57.9. The van der Waals surface area contributed by atoms with Gasteiger partial charge in [0.2, 0.25) is 0 Å². The number of halogens is 1. The van der Waals surface area contributed by atoms with Crippen LogP contribution in [-0.4, -0.2) is 0 Å². The van der Waals surface area contributed by atoms with Crippen LogP contribution in [0.1, 0.15) is 0 Å². The third-order valence-corrected chi connectivity index (χ3v) is 23.0. The van der Waals surface area contributed by atoms with Crippen molar-refractivity contribution in [2.24, 2.45) is 0 Å². The second-order valence-corrected chi connectivity index (χ2v) is 30.5. The van der Waals surface area contributed by atoms with Crippen LogP contribution in [0.5, 0.6) is 0 Å². The fourth-order valence-electron chi connectivity index (χ4n) is 16.7. The number of nitrogens with one attached hydrogen (secondary N) is 1. The van der Waals surface area contributed by atoms with Gasteiger partial charge in [-0.05, 0) is 218 Å². The standard InChI is InChI=1S/C56H37NO.C32H23N.C24H15BrO/c1-3-20-48-38(12-1)14-9-23-50(48)40-28-32-45(33-29-40)57(46-34-30-41(31-35-46)51-24-10-15-39-13-2-4-21-49(39)51)47-19-8-17-43(37-47)42-16-7-18-44(36-42)52-25-11-26-54-53-22-5-6-27-55(53)58-56(52)54;1-3-11-29-23(7-1)9-5-13-31(29)25-15-19-27(20-16-25)33-28-21-17-26(18-22-28)32-14-6-10-24-8-2-4-12-30(24)32;25-19-9-4-7-17(15-19)16-6-3-8-18(14-16)20-11-5-12-22-21-10-1-2-13-23(21)26-24(20)22/h1-37H;1-22,33H;1-15H. The number of hydrogen-bond acceptors (Lipinski definition) is 4. The van der Waals surface area contributed by atoms with Crippen molar-refractivity contribution in [1.29, 1.82) is 0 Å². The topological polar surface area (TPSA) is 41.6 Å². The molecule has 0 aliphatic heterocycles. The lowest BCUT2D eigenvalue weighted by Crippen LogP contribution is -2.10. The lowest BCUT2D eigenvalue weighted by atomic mass is 9.96. The normalized spacial score (nSPS) is 11.3. The number of fused-ring (bicyclic) bond motifs is 10. The van der Waals surface area contributed by atoms with E-state index in [1.807, 2.05) is 30.3 Å². The summed E-state index contributed by atoms with van der Waals surface area (Å²) in [6.45, 7) is 0. The van der Waals surface area contributed by atoms with E-state index in [0.717, 1.165) is 110 Å². The first-order valence-electron chi connectivity index (χ1n) is 39.7. The minimum Gasteiger partial charge on any atom is -0.455 e. The van der Waals surface area contributed by atoms with Crippen molar-refractivity contribution >= 4 is 131 Å². The molecule has 0 bridgehead atoms. The second kappa shape index (κ2) is 31.6. The molecule has 2 aromatic heterocycles. The van der Waals surface area contributed by atoms with Crippen LogP contribution in [-0.2, 0) is 0 Å². The molecule has 4 nitrogen and oxygen atoms in total. The van der Waals surface area contributed by atoms with Gasteiger partial charge in [-0.25, -0.2) is 0 Å². The molecule has 0 aliphatic rings. The highest BCUT2D eigenvalue weighted by molar-refractivity contribution is 9.10. The molecule has 552 valence electrons. The summed E-state index contributed by atoms with van der Waals surface area (Å²) in [6.07, 6.45) is 0. The van der Waals surface area contributed by atoms with Gasteiger partial charge in [0, 0.05) is 65.6 Å². The lowest BCUT2D eigenvalue weighted by Gasteiger charge is -2.26. The molecule has 0 fully saturated rings. The van der Waals surface area contributed by atoms with Crippen molar-refractivity contribution in [3.8, 4) is 89.0 Å². The van der Waals surface area contributed by atoms with Gasteiger partial charge in [0.25, 0.3) is 0 Å². The van der Waals surface area contributed by atoms with Gasteiger partial charge in [-0.15, -0.1) is 0 Å². The van der Waals surface area contributed by atoms with Gasteiger partial charge in [-0.3, -0.25) is 0 Å². The smallest absolute Gasteiger partial charge is 0.143 e. The van der Waals surface area contributed by atoms with Crippen molar-refractivity contribution < 1.29 is 8.83 Å². The zero-order chi connectivity index (χ0) is 78.0. The average Bonchev–Trinajstić information content (AvgIpc) is 1.63. The predicted octanol–water partition coefficient (Wildman–Crippen LogP) is 32.8. The third-order valence-electron chi connectivity index (χ3n) is 22.5. The molecular formula is C112H75BrN2O2. The minimum absolute atomic E-state index is 0.907. The summed E-state index contributed by atoms with van der Waals surface area (Å²) < 4.78 is 13.7. The molecule has 2 heterocycles. The number of rotatable bonds is 13. The van der Waals surface area contributed by atoms with E-state index in [0.29, 0.717) is 0 Å². The number of para-hydroxylation sites is 4. The summed E-state index contributed by atoms with van der Waals surface area (Å²) in [7, 11) is 0. The molecule has 0 amide bonds. The molecule has 0 saturated carbocycles. The Bertz CT molecular complexity index is 7160. The molecular weight excluding hydrogens is 1490 g/mol. The summed E-state index contributed by atoms with van der Waals surface area (Å²) in [5, 5.41) is 18.2. The van der Waals surface area contributed by atoms with Gasteiger partial charge >= 0.3 is 0 Å². The van der Waals surface area contributed by atoms with Crippen LogP contribution in [0.2, 0.25) is 0 Å². The average molecular weight is 1560 g/mol. The molecule has 0 radical (unpaired) electrons. The van der Waals surface area contributed by atoms with Gasteiger partial charge in [-0.2, -0.15) is 0 Å². The summed E-state index contributed by atoms with van der Waals surface area (Å²) in [5.74, 6) is 0. The first-order valence-corrected chi connectivity index (χ1v) is 40.5. The highest BCUT2D eigenvalue weighted by Crippen LogP contribution is 2.44. The molecule has 22 rings (SSSR count). The van der Waals surface area contributed by atoms with E-state index in [2.05, 4.69) is 445 Å². The van der Waals surface area contributed by atoms with Crippen molar-refractivity contribution in [3.63, 3.8) is 0 Å². The van der Waals surface area contributed by atoms with Crippen molar-refractivity contribution in [2.75, 3.05) is 10.2 Å². The Kier molecular flexibility index (Phi) is 19.2. The zero-order valence-electron chi connectivity index (χ0n) is 63.9. The predicted molar refractivity (Wildman–Crippen MR) is 500 cm³/mol. The SMILES string of the molecule is Brc1cccc(-c2cccc(-c3cccc4c3oc3ccccc34)c2)c1.c1cc(-c2cccc(N(c3ccc(-c4cccc5ccccc45)cc3)c3ccc(-c4cccc5ccccc45)cc3)c2)cc(-c2cccc3c2oc2ccccc23)c1.c1ccc2c(-c3ccc(Nc4ccc(-c5cccc6ccccc56)cc4)cc3)cccc2c1. The third kappa shape index (κ3) is 14.4. The van der Waals surface area contributed by atoms with Crippen LogP contribution < -0.4 is 10.2 Å². The molecule has 20 aromatic carbocycles. The number of nitrogens with zero attached hydrogens (tertiary/aromatic N) is 1. The molecule has 0 unspecified atom stereocenters. The Hall–Kier alpha value is -14.9. The van der Waals surface area contributed by atoms with Gasteiger partial charge in [0.15, 0.2) is 0 Å². The molecule has 0 saturated heterocycles. The highest BCUT2D eigenvalue weighted by Gasteiger charge is 2.19. The fourth-order valence-corrected chi connectivity index (χ4v) is 17.1. The van der Waals surface area contributed by atoms with E-state index in [-0.39, 0.29) is 0 Å². The molecule has 0 spiro atoms. The van der Waals surface area contributed by atoms with Crippen molar-refractivity contribution in [2.45, 2.75) is 0 Å². The van der Waals surface area contributed by atoms with E-state index < -0.39 is 0 Å². The molecule has 1 N–H and O–H groups in total. The lowest BCUT2D eigenvalue weighted by molar-refractivity contribution is 0.669. The van der Waals surface area contributed by atoms with Crippen molar-refractivity contribution in [1.82, 2.24) is 0 Å². The number of anilines is 5. The Balaban J connectivity index is 0.000000125. The Labute approximate surface area is 687 Å². The number of benzene rings is 20. The highest BCUT2D eigenvalue weighted by atomic mass is 79.9. The van der Waals surface area contributed by atoms with E-state index in [1.54, 1.807) is 0 Å². The molecule has 0 aliphatic carbocycles. The van der Waals surface area contributed by atoms with Crippen LogP contribution in [0.25, 0.3) is 176 Å². The maximum Gasteiger partial charge on any atom is 0.143 e. The summed E-state index contributed by atoms with van der Waals surface area (Å²) >= 11 is 3.56. The van der Waals surface area contributed by atoms with E-state index in [1.165, 1.54) is 98.7 Å². The molecule has 5 heteroatoms. The van der Waals surface area contributed by atoms with Crippen LogP contribution >= 0.6 is 15.9 Å². The van der Waals surface area contributed by atoms with Gasteiger partial charge in [0.1, 0.15) is 22.3 Å². The first kappa shape index (κ1) is 71.2. The number of furan rings is 2. The summed E-state index contributed by atoms with van der Waals surface area (Å²) in [6, 6.07) is 160. The fraction of sp³-hybridized carbons (Fsp3) is 0. The quantitative estimate of drug-likeness (QED) is 0.125. The monoisotopic (exact) mass is 1560 g/mol. The maximum atomic E-state index is 6.44. The summed E-state index contributed by atoms with van der Waals surface area (Å²) in [5.41, 5.74) is 28.1. The van der Waals surface area contributed by atoms with Gasteiger partial charge in [-0.1, -0.05) is 368 Å². The molecule has 117 heavy (non-hydrogen) atoms. The number of hydrogen-bond donors (Lipinski definition) is 1. The Morgan fingerprint density at radius 3 is 0.863 bits per heavy atom. The van der Waals surface area contributed by atoms with Crippen LogP contribution in [0.3, 0.4) is 0 Å². The van der Waals surface area contributed by atoms with Gasteiger partial charge < -0.3 is 19.1 Å². The van der Waals surface area contributed by atoms with E-state index >= 15 is 0 Å². The van der Waals surface area contributed by atoms with Crippen LogP contribution in [0, 0.1) is 0 Å². The van der Waals surface area contributed by atoms with Crippen molar-refractivity contribution in [3.05, 3.63) is 453 Å². The van der Waals surface area contributed by atoms with E-state index in [4.69, 9.17) is 8.83 Å². The van der Waals surface area contributed by atoms with Crippen LogP contribution in [0.4, 0.5) is 28.4 Å². The Morgan fingerprint density at radius 2 is 0.470 bits per heavy atom. The molecule has 22 aromatic rings. The van der Waals surface area contributed by atoms with Gasteiger partial charge in [0.05, 0.1) is 0 Å². The summed E-state index contributed by atoms with van der Waals surface area (Å²) in [4.78, 5) is 2.36.